The summed E-state index contributed by atoms with van der Waals surface area (Å²) in [6.45, 7) is 0.532. The van der Waals surface area contributed by atoms with E-state index in [-0.39, 0.29) is 0 Å². The first-order chi connectivity index (χ1) is 11.9. The van der Waals surface area contributed by atoms with Crippen molar-refractivity contribution < 1.29 is 13.2 Å². The highest BCUT2D eigenvalue weighted by Crippen LogP contribution is 2.36. The molecule has 2 heterocycles. The van der Waals surface area contributed by atoms with Gasteiger partial charge in [-0.15, -0.1) is 0 Å². The highest BCUT2D eigenvalue weighted by molar-refractivity contribution is 5.88. The first-order valence-electron chi connectivity index (χ1n) is 8.12. The van der Waals surface area contributed by atoms with Gasteiger partial charge in [0.15, 0.2) is 0 Å². The quantitative estimate of drug-likeness (QED) is 0.711. The molecular formula is C18H17F3N4. The highest BCUT2D eigenvalue weighted by atomic mass is 19.4. The Bertz CT molecular complexity index is 895. The van der Waals surface area contributed by atoms with Crippen LogP contribution in [0.2, 0.25) is 0 Å². The average molecular weight is 346 g/mol. The maximum Gasteiger partial charge on any atom is 0.416 e. The van der Waals surface area contributed by atoms with Crippen LogP contribution in [0.4, 0.5) is 19.0 Å². The van der Waals surface area contributed by atoms with Crippen molar-refractivity contribution in [3.05, 3.63) is 54.0 Å². The number of benzene rings is 1. The summed E-state index contributed by atoms with van der Waals surface area (Å²) in [5.41, 5.74) is 1.06. The molecule has 0 N–H and O–H groups in total. The summed E-state index contributed by atoms with van der Waals surface area (Å²) in [6.07, 6.45) is 1.31. The number of hydrogen-bond acceptors (Lipinski definition) is 3. The van der Waals surface area contributed by atoms with Gasteiger partial charge in [0.2, 0.25) is 0 Å². The predicted octanol–water partition coefficient (Wildman–Crippen LogP) is 4.16. The van der Waals surface area contributed by atoms with Gasteiger partial charge in [-0.1, -0.05) is 12.1 Å². The Morgan fingerprint density at radius 1 is 1.12 bits per heavy atom. The fourth-order valence-corrected chi connectivity index (χ4v) is 3.05. The van der Waals surface area contributed by atoms with Crippen LogP contribution in [-0.4, -0.2) is 20.6 Å². The van der Waals surface area contributed by atoms with Gasteiger partial charge in [0.25, 0.3) is 0 Å². The molecule has 25 heavy (non-hydrogen) atoms. The lowest BCUT2D eigenvalue weighted by Crippen LogP contribution is -2.26. The summed E-state index contributed by atoms with van der Waals surface area (Å²) in [5, 5.41) is 0.962. The lowest BCUT2D eigenvalue weighted by atomic mass is 10.1. The summed E-state index contributed by atoms with van der Waals surface area (Å²) in [7, 11) is 1.93. The molecule has 1 aliphatic carbocycles. The van der Waals surface area contributed by atoms with E-state index in [2.05, 4.69) is 14.9 Å². The molecule has 4 nitrogen and oxygen atoms in total. The van der Waals surface area contributed by atoms with E-state index < -0.39 is 11.7 Å². The topological polar surface area (TPSA) is 34.0 Å². The molecule has 0 atom stereocenters. The Labute approximate surface area is 142 Å². The van der Waals surface area contributed by atoms with E-state index in [0.29, 0.717) is 12.6 Å². The van der Waals surface area contributed by atoms with Gasteiger partial charge in [-0.2, -0.15) is 13.2 Å². The van der Waals surface area contributed by atoms with Gasteiger partial charge in [0, 0.05) is 25.8 Å². The van der Waals surface area contributed by atoms with Crippen LogP contribution in [0.5, 0.6) is 0 Å². The van der Waals surface area contributed by atoms with Crippen molar-refractivity contribution in [2.45, 2.75) is 31.6 Å². The van der Waals surface area contributed by atoms with Gasteiger partial charge in [-0.05, 0) is 36.6 Å². The van der Waals surface area contributed by atoms with Crippen LogP contribution in [0.1, 0.15) is 24.0 Å². The minimum absolute atomic E-state index is 0.376. The summed E-state index contributed by atoms with van der Waals surface area (Å²) in [4.78, 5) is 10.9. The molecule has 2 aromatic heterocycles. The Kier molecular flexibility index (Phi) is 3.67. The van der Waals surface area contributed by atoms with E-state index in [1.807, 2.05) is 23.9 Å². The number of halogens is 3. The lowest BCUT2D eigenvalue weighted by Gasteiger charge is -2.24. The second kappa shape index (κ2) is 5.75. The van der Waals surface area contributed by atoms with Crippen LogP contribution in [0.3, 0.4) is 0 Å². The van der Waals surface area contributed by atoms with Gasteiger partial charge in [-0.3, -0.25) is 0 Å². The number of fused-ring (bicyclic) bond motifs is 1. The van der Waals surface area contributed by atoms with Crippen LogP contribution >= 0.6 is 0 Å². The molecule has 0 radical (unpaired) electrons. The van der Waals surface area contributed by atoms with Crippen molar-refractivity contribution in [1.82, 2.24) is 14.5 Å². The molecule has 1 fully saturated rings. The lowest BCUT2D eigenvalue weighted by molar-refractivity contribution is -0.137. The average Bonchev–Trinajstić information content (AvgIpc) is 3.36. The van der Waals surface area contributed by atoms with Crippen molar-refractivity contribution in [1.29, 1.82) is 0 Å². The Hall–Kier alpha value is -2.57. The van der Waals surface area contributed by atoms with Gasteiger partial charge in [0.05, 0.1) is 10.9 Å². The number of alkyl halides is 3. The molecule has 1 aliphatic rings. The maximum absolute atomic E-state index is 12.7. The Balaban J connectivity index is 1.66. The summed E-state index contributed by atoms with van der Waals surface area (Å²) >= 11 is 0. The van der Waals surface area contributed by atoms with Crippen LogP contribution in [-0.2, 0) is 19.8 Å². The first-order valence-corrected chi connectivity index (χ1v) is 8.12. The van der Waals surface area contributed by atoms with Gasteiger partial charge >= 0.3 is 6.18 Å². The van der Waals surface area contributed by atoms with Crippen molar-refractivity contribution in [2.24, 2.45) is 7.05 Å². The minimum Gasteiger partial charge on any atom is -0.349 e. The number of aryl methyl sites for hydroxylation is 1. The molecule has 0 bridgehead atoms. The minimum atomic E-state index is -4.31. The van der Waals surface area contributed by atoms with Crippen LogP contribution in [0.25, 0.3) is 11.0 Å². The van der Waals surface area contributed by atoms with Crippen molar-refractivity contribution in [2.75, 3.05) is 4.90 Å². The molecule has 0 unspecified atom stereocenters. The normalized spacial score (nSPS) is 14.9. The van der Waals surface area contributed by atoms with E-state index in [4.69, 9.17) is 0 Å². The smallest absolute Gasteiger partial charge is 0.349 e. The van der Waals surface area contributed by atoms with E-state index in [1.54, 1.807) is 18.5 Å². The Morgan fingerprint density at radius 3 is 2.48 bits per heavy atom. The van der Waals surface area contributed by atoms with Crippen molar-refractivity contribution in [3.8, 4) is 0 Å². The molecule has 0 spiro atoms. The molecule has 1 aromatic carbocycles. The molecule has 0 amide bonds. The van der Waals surface area contributed by atoms with Crippen molar-refractivity contribution in [3.63, 3.8) is 0 Å². The van der Waals surface area contributed by atoms with Crippen LogP contribution in [0.15, 0.2) is 42.9 Å². The molecule has 0 aliphatic heterocycles. The summed E-state index contributed by atoms with van der Waals surface area (Å²) in [5.74, 6) is 0.841. The van der Waals surface area contributed by atoms with Crippen molar-refractivity contribution >= 4 is 16.9 Å². The predicted molar refractivity (Wildman–Crippen MR) is 89.2 cm³/mol. The Morgan fingerprint density at radius 2 is 1.84 bits per heavy atom. The van der Waals surface area contributed by atoms with Gasteiger partial charge < -0.3 is 9.47 Å². The molecule has 1 saturated carbocycles. The zero-order chi connectivity index (χ0) is 17.6. The zero-order valence-corrected chi connectivity index (χ0v) is 13.7. The molecular weight excluding hydrogens is 329 g/mol. The second-order valence-electron chi connectivity index (χ2n) is 6.41. The molecule has 130 valence electrons. The monoisotopic (exact) mass is 346 g/mol. The van der Waals surface area contributed by atoms with E-state index in [0.717, 1.165) is 47.4 Å². The fraction of sp³-hybridized carbons (Fsp3) is 0.333. The van der Waals surface area contributed by atoms with Crippen LogP contribution in [0, 0.1) is 0 Å². The van der Waals surface area contributed by atoms with Gasteiger partial charge in [0.1, 0.15) is 17.8 Å². The largest absolute Gasteiger partial charge is 0.416 e. The van der Waals surface area contributed by atoms with E-state index >= 15 is 0 Å². The van der Waals surface area contributed by atoms with Crippen LogP contribution < -0.4 is 4.90 Å². The molecule has 3 aromatic rings. The zero-order valence-electron chi connectivity index (χ0n) is 13.7. The SMILES string of the molecule is Cn1ccc2c(N(Cc3ccc(C(F)(F)F)cc3)C3CC3)ncnc21. The molecule has 4 rings (SSSR count). The number of anilines is 1. The highest BCUT2D eigenvalue weighted by Gasteiger charge is 2.32. The third kappa shape index (κ3) is 3.06. The number of rotatable bonds is 4. The van der Waals surface area contributed by atoms with Gasteiger partial charge in [-0.25, -0.2) is 9.97 Å². The maximum atomic E-state index is 12.7. The number of hydrogen-bond donors (Lipinski definition) is 0. The number of nitrogens with zero attached hydrogens (tertiary/aromatic N) is 4. The third-order valence-corrected chi connectivity index (χ3v) is 4.53. The van der Waals surface area contributed by atoms with E-state index in [9.17, 15) is 13.2 Å². The second-order valence-corrected chi connectivity index (χ2v) is 6.41. The first kappa shape index (κ1) is 15.9. The number of aromatic nitrogens is 3. The molecule has 7 heteroatoms. The fourth-order valence-electron chi connectivity index (χ4n) is 3.05. The summed E-state index contributed by atoms with van der Waals surface area (Å²) in [6, 6.07) is 7.72. The summed E-state index contributed by atoms with van der Waals surface area (Å²) < 4.78 is 40.1. The third-order valence-electron chi connectivity index (χ3n) is 4.53. The van der Waals surface area contributed by atoms with E-state index in [1.165, 1.54) is 0 Å². The standard InChI is InChI=1S/C18H17F3N4/c1-24-9-8-15-16(24)22-11-23-17(15)25(14-6-7-14)10-12-2-4-13(5-3-12)18(19,20)21/h2-5,8-9,11,14H,6-7,10H2,1H3. The molecule has 0 saturated heterocycles.